The molecule has 0 aliphatic heterocycles. The normalized spacial score (nSPS) is 11.4. The van der Waals surface area contributed by atoms with Crippen molar-refractivity contribution in [1.82, 2.24) is 4.98 Å². The lowest BCUT2D eigenvalue weighted by Gasteiger charge is -2.22. The zero-order valence-electron chi connectivity index (χ0n) is 12.3. The van der Waals surface area contributed by atoms with Crippen molar-refractivity contribution >= 4 is 15.8 Å². The predicted molar refractivity (Wildman–Crippen MR) is 82.7 cm³/mol. The van der Waals surface area contributed by atoms with Crippen molar-refractivity contribution in [1.29, 1.82) is 0 Å². The predicted octanol–water partition coefficient (Wildman–Crippen LogP) is 3.35. The second kappa shape index (κ2) is 6.40. The summed E-state index contributed by atoms with van der Waals surface area (Å²) in [5, 5.41) is 0. The van der Waals surface area contributed by atoms with E-state index in [-0.39, 0.29) is 12.4 Å². The zero-order chi connectivity index (χ0) is 17.2. The number of aromatic nitrogens is 1. The summed E-state index contributed by atoms with van der Waals surface area (Å²) in [6.07, 6.45) is 2.79. The van der Waals surface area contributed by atoms with Crippen LogP contribution in [0.3, 0.4) is 0 Å². The van der Waals surface area contributed by atoms with Gasteiger partial charge in [-0.2, -0.15) is 0 Å². The van der Waals surface area contributed by atoms with Gasteiger partial charge in [-0.1, -0.05) is 12.1 Å². The van der Waals surface area contributed by atoms with E-state index in [1.54, 1.807) is 24.3 Å². The number of sulfonamides is 1. The first-order valence-electron chi connectivity index (χ1n) is 6.90. The van der Waals surface area contributed by atoms with Crippen molar-refractivity contribution in [3.8, 4) is 0 Å². The average molecular weight is 350 g/mol. The maximum Gasteiger partial charge on any atom is 0.268 e. The van der Waals surface area contributed by atoms with E-state index in [1.807, 2.05) is 0 Å². The molecule has 0 aliphatic rings. The van der Waals surface area contributed by atoms with Crippen molar-refractivity contribution in [2.45, 2.75) is 11.4 Å². The number of benzene rings is 1. The van der Waals surface area contributed by atoms with Gasteiger partial charge in [0.15, 0.2) is 11.6 Å². The van der Waals surface area contributed by atoms with Gasteiger partial charge >= 0.3 is 0 Å². The van der Waals surface area contributed by atoms with E-state index in [1.165, 1.54) is 18.5 Å². The van der Waals surface area contributed by atoms with Crippen LogP contribution in [0, 0.1) is 11.6 Å². The minimum atomic E-state index is -4.39. The smallest absolute Gasteiger partial charge is 0.268 e. The summed E-state index contributed by atoms with van der Waals surface area (Å²) in [5.41, 5.74) is 0. The Hall–Kier alpha value is -2.74. The molecule has 2 heterocycles. The number of nitrogens with zero attached hydrogens (tertiary/aromatic N) is 2. The fraction of sp³-hybridized carbons (Fsp3) is 0.0625. The molecule has 0 saturated carbocycles. The molecule has 3 rings (SSSR count). The Bertz CT molecular complexity index is 929. The average Bonchev–Trinajstić information content (AvgIpc) is 3.09. The topological polar surface area (TPSA) is 63.4 Å². The van der Waals surface area contributed by atoms with Crippen molar-refractivity contribution in [3.05, 3.63) is 78.4 Å². The summed E-state index contributed by atoms with van der Waals surface area (Å²) in [4.78, 5) is 3.23. The molecule has 24 heavy (non-hydrogen) atoms. The number of halogens is 2. The molecule has 0 bridgehead atoms. The molecule has 0 saturated heterocycles. The summed E-state index contributed by atoms with van der Waals surface area (Å²) < 4.78 is 59.3. The van der Waals surface area contributed by atoms with Crippen molar-refractivity contribution in [2.24, 2.45) is 0 Å². The molecule has 0 aliphatic carbocycles. The lowest BCUT2D eigenvalue weighted by Crippen LogP contribution is -2.32. The zero-order valence-corrected chi connectivity index (χ0v) is 13.1. The first-order valence-corrected chi connectivity index (χ1v) is 8.34. The highest BCUT2D eigenvalue weighted by atomic mass is 32.2. The van der Waals surface area contributed by atoms with Crippen LogP contribution >= 0.6 is 0 Å². The summed E-state index contributed by atoms with van der Waals surface area (Å²) >= 11 is 0. The molecule has 5 nitrogen and oxygen atoms in total. The Morgan fingerprint density at radius 1 is 1.04 bits per heavy atom. The number of rotatable bonds is 5. The molecule has 3 aromatic rings. The van der Waals surface area contributed by atoms with Gasteiger partial charge in [-0.25, -0.2) is 26.5 Å². The number of pyridine rings is 1. The van der Waals surface area contributed by atoms with Crippen LogP contribution in [-0.4, -0.2) is 13.4 Å². The highest BCUT2D eigenvalue weighted by Gasteiger charge is 2.30. The maximum atomic E-state index is 14.0. The lowest BCUT2D eigenvalue weighted by atomic mass is 10.3. The molecular weight excluding hydrogens is 338 g/mol. The molecule has 0 fully saturated rings. The van der Waals surface area contributed by atoms with E-state index in [4.69, 9.17) is 4.42 Å². The minimum Gasteiger partial charge on any atom is -0.467 e. The molecule has 2 aromatic heterocycles. The van der Waals surface area contributed by atoms with Crippen molar-refractivity contribution in [3.63, 3.8) is 0 Å². The monoisotopic (exact) mass is 350 g/mol. The molecule has 1 aromatic carbocycles. The van der Waals surface area contributed by atoms with Gasteiger partial charge in [0, 0.05) is 6.20 Å². The van der Waals surface area contributed by atoms with Gasteiger partial charge in [-0.3, -0.25) is 0 Å². The lowest BCUT2D eigenvalue weighted by molar-refractivity contribution is 0.482. The first-order chi connectivity index (χ1) is 11.5. The van der Waals surface area contributed by atoms with Crippen molar-refractivity contribution < 1.29 is 21.6 Å². The SMILES string of the molecule is O=S(=O)(c1cccc(F)c1F)N(Cc1ccco1)c1ccccn1. The maximum absolute atomic E-state index is 14.0. The molecule has 0 amide bonds. The van der Waals surface area contributed by atoms with Crippen molar-refractivity contribution in [2.75, 3.05) is 4.31 Å². The quantitative estimate of drug-likeness (QED) is 0.708. The Balaban J connectivity index is 2.12. The van der Waals surface area contributed by atoms with E-state index in [9.17, 15) is 17.2 Å². The Morgan fingerprint density at radius 2 is 1.88 bits per heavy atom. The van der Waals surface area contributed by atoms with Crippen LogP contribution in [0.5, 0.6) is 0 Å². The fourth-order valence-electron chi connectivity index (χ4n) is 2.14. The fourth-order valence-corrected chi connectivity index (χ4v) is 3.60. The molecule has 0 spiro atoms. The summed E-state index contributed by atoms with van der Waals surface area (Å²) in [7, 11) is -4.39. The van der Waals surface area contributed by atoms with Crippen LogP contribution in [0.15, 0.2) is 70.3 Å². The summed E-state index contributed by atoms with van der Waals surface area (Å²) in [5.74, 6) is -2.27. The first kappa shape index (κ1) is 16.1. The largest absolute Gasteiger partial charge is 0.467 e. The molecule has 0 N–H and O–H groups in total. The molecule has 0 atom stereocenters. The van der Waals surface area contributed by atoms with E-state index in [2.05, 4.69) is 4.98 Å². The van der Waals surface area contributed by atoms with E-state index in [0.29, 0.717) is 5.76 Å². The number of hydrogen-bond acceptors (Lipinski definition) is 4. The van der Waals surface area contributed by atoms with Crippen LogP contribution < -0.4 is 4.31 Å². The summed E-state index contributed by atoms with van der Waals surface area (Å²) in [6.45, 7) is -0.206. The molecule has 8 heteroatoms. The molecule has 0 unspecified atom stereocenters. The Labute approximate surface area is 137 Å². The molecule has 0 radical (unpaired) electrons. The second-order valence-electron chi connectivity index (χ2n) is 4.83. The second-order valence-corrected chi connectivity index (χ2v) is 6.66. The van der Waals surface area contributed by atoms with Gasteiger partial charge in [0.25, 0.3) is 10.0 Å². The van der Waals surface area contributed by atoms with Gasteiger partial charge in [0.2, 0.25) is 0 Å². The van der Waals surface area contributed by atoms with Crippen LogP contribution in [0.4, 0.5) is 14.6 Å². The third-order valence-electron chi connectivity index (χ3n) is 3.27. The van der Waals surface area contributed by atoms with Gasteiger partial charge in [0.1, 0.15) is 16.5 Å². The Kier molecular flexibility index (Phi) is 4.30. The van der Waals surface area contributed by atoms with Crippen LogP contribution in [0.1, 0.15) is 5.76 Å². The van der Waals surface area contributed by atoms with E-state index < -0.39 is 26.6 Å². The number of hydrogen-bond donors (Lipinski definition) is 0. The third-order valence-corrected chi connectivity index (χ3v) is 5.04. The van der Waals surface area contributed by atoms with Gasteiger partial charge in [-0.05, 0) is 36.4 Å². The standard InChI is InChI=1S/C16H12F2N2O3S/c17-13-6-3-7-14(16(13)18)24(21,22)20(11-12-5-4-10-23-12)15-8-1-2-9-19-15/h1-10H,11H2. The minimum absolute atomic E-state index is 0.0672. The highest BCUT2D eigenvalue weighted by Crippen LogP contribution is 2.26. The summed E-state index contributed by atoms with van der Waals surface area (Å²) in [6, 6.07) is 10.8. The van der Waals surface area contributed by atoms with Gasteiger partial charge < -0.3 is 4.42 Å². The van der Waals surface area contributed by atoms with Crippen LogP contribution in [-0.2, 0) is 16.6 Å². The van der Waals surface area contributed by atoms with Crippen LogP contribution in [0.25, 0.3) is 0 Å². The van der Waals surface area contributed by atoms with E-state index in [0.717, 1.165) is 22.5 Å². The molecular formula is C16H12F2N2O3S. The number of furan rings is 1. The third kappa shape index (κ3) is 3.00. The van der Waals surface area contributed by atoms with E-state index >= 15 is 0 Å². The van der Waals surface area contributed by atoms with Gasteiger partial charge in [-0.15, -0.1) is 0 Å². The van der Waals surface area contributed by atoms with Crippen LogP contribution in [0.2, 0.25) is 0 Å². The number of anilines is 1. The highest BCUT2D eigenvalue weighted by molar-refractivity contribution is 7.92. The van der Waals surface area contributed by atoms with Gasteiger partial charge in [0.05, 0.1) is 12.8 Å². The Morgan fingerprint density at radius 3 is 2.54 bits per heavy atom. The molecule has 124 valence electrons.